The molecule has 0 amide bonds. The fourth-order valence-electron chi connectivity index (χ4n) is 10.5. The van der Waals surface area contributed by atoms with Crippen LogP contribution in [-0.4, -0.2) is 4.57 Å². The van der Waals surface area contributed by atoms with Gasteiger partial charge in [-0.1, -0.05) is 202 Å². The van der Waals surface area contributed by atoms with Gasteiger partial charge in [-0.25, -0.2) is 0 Å². The van der Waals surface area contributed by atoms with Crippen LogP contribution in [0.4, 0.5) is 17.1 Å². The molecule has 0 N–H and O–H groups in total. The quantitative estimate of drug-likeness (QED) is 0.156. The van der Waals surface area contributed by atoms with E-state index in [1.165, 1.54) is 82.7 Å². The van der Waals surface area contributed by atoms with Crippen molar-refractivity contribution in [2.75, 3.05) is 4.90 Å². The van der Waals surface area contributed by atoms with Gasteiger partial charge < -0.3 is 9.47 Å². The molecule has 298 valence electrons. The highest BCUT2D eigenvalue weighted by atomic mass is 15.2. The number of anilines is 3. The summed E-state index contributed by atoms with van der Waals surface area (Å²) in [6, 6.07) is 84.6. The van der Waals surface area contributed by atoms with E-state index in [1.54, 1.807) is 0 Å². The predicted molar refractivity (Wildman–Crippen MR) is 267 cm³/mol. The van der Waals surface area contributed by atoms with Crippen molar-refractivity contribution in [3.05, 3.63) is 242 Å². The summed E-state index contributed by atoms with van der Waals surface area (Å²) in [6.07, 6.45) is 0. The van der Waals surface area contributed by atoms with Gasteiger partial charge in [0, 0.05) is 33.1 Å². The lowest BCUT2D eigenvalue weighted by Gasteiger charge is -2.30. The largest absolute Gasteiger partial charge is 0.308 e. The number of benzene rings is 10. The number of hydrogen-bond donors (Lipinski definition) is 0. The number of fused-ring (bicyclic) bond motifs is 7. The van der Waals surface area contributed by atoms with Crippen LogP contribution in [0.3, 0.4) is 0 Å². The van der Waals surface area contributed by atoms with Crippen LogP contribution in [0, 0.1) is 0 Å². The van der Waals surface area contributed by atoms with Gasteiger partial charge in [0.05, 0.1) is 22.4 Å². The zero-order chi connectivity index (χ0) is 42.1. The summed E-state index contributed by atoms with van der Waals surface area (Å²) in [6.45, 7) is 4.73. The minimum atomic E-state index is -0.114. The Balaban J connectivity index is 1.12. The van der Waals surface area contributed by atoms with Crippen molar-refractivity contribution in [3.8, 4) is 50.2 Å². The lowest BCUT2D eigenvalue weighted by molar-refractivity contribution is 0.660. The van der Waals surface area contributed by atoms with E-state index in [9.17, 15) is 0 Å². The van der Waals surface area contributed by atoms with Crippen molar-refractivity contribution >= 4 is 49.6 Å². The molecule has 0 saturated heterocycles. The third-order valence-electron chi connectivity index (χ3n) is 13.4. The first kappa shape index (κ1) is 36.9. The summed E-state index contributed by atoms with van der Waals surface area (Å²) in [7, 11) is 0. The molecule has 10 aromatic carbocycles. The molecule has 0 atom stereocenters. The average molecular weight is 805 g/mol. The number of nitrogens with zero attached hydrogens (tertiary/aromatic N) is 2. The molecule has 1 aromatic heterocycles. The molecule has 0 radical (unpaired) electrons. The molecule has 2 nitrogen and oxygen atoms in total. The molecular formula is C61H44N2. The summed E-state index contributed by atoms with van der Waals surface area (Å²) in [5, 5.41) is 4.94. The van der Waals surface area contributed by atoms with E-state index in [2.05, 4.69) is 254 Å². The molecule has 1 aliphatic carbocycles. The summed E-state index contributed by atoms with van der Waals surface area (Å²) < 4.78 is 2.45. The highest BCUT2D eigenvalue weighted by Gasteiger charge is 2.37. The van der Waals surface area contributed by atoms with Crippen LogP contribution in [0.25, 0.3) is 82.8 Å². The van der Waals surface area contributed by atoms with Gasteiger partial charge in [0.1, 0.15) is 0 Å². The molecule has 11 aromatic rings. The van der Waals surface area contributed by atoms with E-state index in [0.29, 0.717) is 0 Å². The van der Waals surface area contributed by atoms with Crippen LogP contribution in [0.1, 0.15) is 25.0 Å². The van der Waals surface area contributed by atoms with Crippen molar-refractivity contribution in [2.45, 2.75) is 19.3 Å². The Morgan fingerprint density at radius 2 is 0.921 bits per heavy atom. The topological polar surface area (TPSA) is 8.17 Å². The Hall–Kier alpha value is -7.94. The van der Waals surface area contributed by atoms with Gasteiger partial charge in [0.2, 0.25) is 0 Å². The van der Waals surface area contributed by atoms with E-state index in [4.69, 9.17) is 0 Å². The molecular weight excluding hydrogens is 761 g/mol. The fourth-order valence-corrected chi connectivity index (χ4v) is 10.5. The van der Waals surface area contributed by atoms with Crippen LogP contribution in [-0.2, 0) is 5.41 Å². The van der Waals surface area contributed by atoms with E-state index >= 15 is 0 Å². The van der Waals surface area contributed by atoms with Crippen LogP contribution in [0.5, 0.6) is 0 Å². The monoisotopic (exact) mass is 804 g/mol. The zero-order valence-electron chi connectivity index (χ0n) is 35.3. The summed E-state index contributed by atoms with van der Waals surface area (Å²) in [5.74, 6) is 0. The molecule has 0 saturated carbocycles. The molecule has 1 heterocycles. The summed E-state index contributed by atoms with van der Waals surface area (Å²) in [5.41, 5.74) is 19.3. The normalized spacial score (nSPS) is 12.7. The van der Waals surface area contributed by atoms with E-state index < -0.39 is 0 Å². The minimum Gasteiger partial charge on any atom is -0.308 e. The Morgan fingerprint density at radius 3 is 1.70 bits per heavy atom. The standard InChI is InChI=1S/C61H44N2/c1-61(2)53-32-12-9-27-52(53)59-50(30-17-33-54(59)61)48-25-10-13-34-55(48)62(57-36-18-31-51-49-26-11-14-35-56(49)63(60(51)57)44-23-7-4-8-24-44)45-39-37-42(38-40-45)47-29-16-22-43-21-15-28-46(58(43)47)41-19-5-3-6-20-41/h3-40H,1-2H3. The Labute approximate surface area is 368 Å². The number of rotatable bonds is 7. The predicted octanol–water partition coefficient (Wildman–Crippen LogP) is 16.7. The first-order valence-corrected chi connectivity index (χ1v) is 21.9. The summed E-state index contributed by atoms with van der Waals surface area (Å²) >= 11 is 0. The molecule has 0 unspecified atom stereocenters. The maximum atomic E-state index is 2.50. The van der Waals surface area contributed by atoms with Gasteiger partial charge in [0.15, 0.2) is 0 Å². The first-order chi connectivity index (χ1) is 31.1. The van der Waals surface area contributed by atoms with Gasteiger partial charge in [-0.15, -0.1) is 0 Å². The van der Waals surface area contributed by atoms with Crippen molar-refractivity contribution in [1.82, 2.24) is 4.57 Å². The maximum Gasteiger partial charge on any atom is 0.0782 e. The van der Waals surface area contributed by atoms with E-state index in [1.807, 2.05) is 0 Å². The fraction of sp³-hybridized carbons (Fsp3) is 0.0492. The molecule has 0 fully saturated rings. The van der Waals surface area contributed by atoms with Crippen molar-refractivity contribution < 1.29 is 0 Å². The van der Waals surface area contributed by atoms with Crippen molar-refractivity contribution in [2.24, 2.45) is 0 Å². The van der Waals surface area contributed by atoms with E-state index in [0.717, 1.165) is 28.3 Å². The average Bonchev–Trinajstić information content (AvgIpc) is 3.81. The van der Waals surface area contributed by atoms with Crippen LogP contribution in [0.15, 0.2) is 231 Å². The summed E-state index contributed by atoms with van der Waals surface area (Å²) in [4.78, 5) is 2.50. The second kappa shape index (κ2) is 14.6. The van der Waals surface area contributed by atoms with Gasteiger partial charge in [-0.05, 0) is 103 Å². The van der Waals surface area contributed by atoms with Gasteiger partial charge in [0.25, 0.3) is 0 Å². The van der Waals surface area contributed by atoms with Crippen LogP contribution >= 0.6 is 0 Å². The van der Waals surface area contributed by atoms with E-state index in [-0.39, 0.29) is 5.41 Å². The molecule has 12 rings (SSSR count). The third-order valence-corrected chi connectivity index (χ3v) is 13.4. The lowest BCUT2D eigenvalue weighted by atomic mass is 9.82. The van der Waals surface area contributed by atoms with Gasteiger partial charge in [-0.3, -0.25) is 0 Å². The molecule has 1 aliphatic rings. The highest BCUT2D eigenvalue weighted by molar-refractivity contribution is 6.15. The maximum absolute atomic E-state index is 2.50. The van der Waals surface area contributed by atoms with Crippen LogP contribution < -0.4 is 4.90 Å². The van der Waals surface area contributed by atoms with Gasteiger partial charge in [-0.2, -0.15) is 0 Å². The Morgan fingerprint density at radius 1 is 0.381 bits per heavy atom. The smallest absolute Gasteiger partial charge is 0.0782 e. The SMILES string of the molecule is CC1(C)c2ccccc2-c2c(-c3ccccc3N(c3ccc(-c4cccc5cccc(-c6ccccc6)c45)cc3)c3cccc4c5ccccc5n(-c5ccccc5)c34)cccc21. The van der Waals surface area contributed by atoms with Crippen molar-refractivity contribution in [3.63, 3.8) is 0 Å². The van der Waals surface area contributed by atoms with Crippen LogP contribution in [0.2, 0.25) is 0 Å². The number of aromatic nitrogens is 1. The first-order valence-electron chi connectivity index (χ1n) is 21.9. The van der Waals surface area contributed by atoms with Gasteiger partial charge >= 0.3 is 0 Å². The van der Waals surface area contributed by atoms with Crippen molar-refractivity contribution in [1.29, 1.82) is 0 Å². The number of para-hydroxylation sites is 4. The minimum absolute atomic E-state index is 0.114. The second-order valence-corrected chi connectivity index (χ2v) is 17.2. The highest BCUT2D eigenvalue weighted by Crippen LogP contribution is 2.54. The molecule has 0 bridgehead atoms. The molecule has 0 aliphatic heterocycles. The Kier molecular flexibility index (Phi) is 8.55. The lowest BCUT2D eigenvalue weighted by Crippen LogP contribution is -2.15. The second-order valence-electron chi connectivity index (χ2n) is 17.2. The molecule has 0 spiro atoms. The molecule has 63 heavy (non-hydrogen) atoms. The molecule has 2 heteroatoms. The zero-order valence-corrected chi connectivity index (χ0v) is 35.3. The Bertz CT molecular complexity index is 3520. The number of hydrogen-bond acceptors (Lipinski definition) is 1. The third kappa shape index (κ3) is 5.79.